The fourth-order valence-electron chi connectivity index (χ4n) is 2.63. The van der Waals surface area contributed by atoms with Gasteiger partial charge in [0, 0.05) is 36.5 Å². The van der Waals surface area contributed by atoms with E-state index in [2.05, 4.69) is 52.3 Å². The van der Waals surface area contributed by atoms with Crippen LogP contribution in [0.4, 0.5) is 0 Å². The number of aryl methyl sites for hydroxylation is 2. The van der Waals surface area contributed by atoms with E-state index in [0.717, 1.165) is 22.6 Å². The lowest BCUT2D eigenvalue weighted by Gasteiger charge is -2.03. The predicted octanol–water partition coefficient (Wildman–Crippen LogP) is 2.80. The SMILES string of the molecule is Cc1cc(C#CC2CC2)ccc1-c1cn(Cc2nccn2C)nn1. The smallest absolute Gasteiger partial charge is 0.130 e. The zero-order chi connectivity index (χ0) is 16.5. The second-order valence-electron chi connectivity index (χ2n) is 6.33. The summed E-state index contributed by atoms with van der Waals surface area (Å²) < 4.78 is 3.80. The average molecular weight is 317 g/mol. The lowest BCUT2D eigenvalue weighted by molar-refractivity contribution is 0.607. The predicted molar refractivity (Wildman–Crippen MR) is 92.1 cm³/mol. The van der Waals surface area contributed by atoms with Crippen LogP contribution >= 0.6 is 0 Å². The Morgan fingerprint density at radius 3 is 2.88 bits per heavy atom. The molecule has 1 saturated carbocycles. The zero-order valence-electron chi connectivity index (χ0n) is 13.9. The standard InChI is InChI=1S/C19H19N5/c1-14-11-16(6-5-15-3-4-15)7-8-17(14)18-12-24(22-21-18)13-19-20-9-10-23(19)2/h7-12,15H,3-4,13H2,1-2H3. The molecule has 0 atom stereocenters. The molecule has 0 unspecified atom stereocenters. The highest BCUT2D eigenvalue weighted by Gasteiger charge is 2.17. The van der Waals surface area contributed by atoms with E-state index in [9.17, 15) is 0 Å². The molecule has 5 nitrogen and oxygen atoms in total. The molecule has 1 fully saturated rings. The summed E-state index contributed by atoms with van der Waals surface area (Å²) >= 11 is 0. The van der Waals surface area contributed by atoms with Gasteiger partial charge in [-0.2, -0.15) is 0 Å². The third kappa shape index (κ3) is 3.09. The van der Waals surface area contributed by atoms with Gasteiger partial charge in [0.05, 0.1) is 6.20 Å². The van der Waals surface area contributed by atoms with Gasteiger partial charge in [-0.25, -0.2) is 9.67 Å². The van der Waals surface area contributed by atoms with Crippen LogP contribution < -0.4 is 0 Å². The summed E-state index contributed by atoms with van der Waals surface area (Å²) in [6.45, 7) is 2.70. The van der Waals surface area contributed by atoms with Crippen LogP contribution in [0.15, 0.2) is 36.8 Å². The number of rotatable bonds is 3. The number of aromatic nitrogens is 5. The van der Waals surface area contributed by atoms with E-state index < -0.39 is 0 Å². The molecule has 3 aromatic rings. The number of imidazole rings is 1. The van der Waals surface area contributed by atoms with Crippen molar-refractivity contribution in [3.8, 4) is 23.1 Å². The Hall–Kier alpha value is -2.87. The number of hydrogen-bond donors (Lipinski definition) is 0. The number of hydrogen-bond acceptors (Lipinski definition) is 3. The van der Waals surface area contributed by atoms with Gasteiger partial charge in [0.1, 0.15) is 18.1 Å². The number of benzene rings is 1. The molecular formula is C19H19N5. The third-order valence-corrected chi connectivity index (χ3v) is 4.26. The summed E-state index contributed by atoms with van der Waals surface area (Å²) in [5.41, 5.74) is 4.21. The summed E-state index contributed by atoms with van der Waals surface area (Å²) in [5, 5.41) is 8.54. The van der Waals surface area contributed by atoms with Crippen LogP contribution in [-0.2, 0) is 13.6 Å². The molecule has 1 aliphatic carbocycles. The highest BCUT2D eigenvalue weighted by atomic mass is 15.4. The highest BCUT2D eigenvalue weighted by molar-refractivity contribution is 5.64. The lowest BCUT2D eigenvalue weighted by atomic mass is 10.0. The first-order valence-electron chi connectivity index (χ1n) is 8.18. The summed E-state index contributed by atoms with van der Waals surface area (Å²) in [7, 11) is 1.98. The molecule has 2 aromatic heterocycles. The fraction of sp³-hybridized carbons (Fsp3) is 0.316. The first-order chi connectivity index (χ1) is 11.7. The average Bonchev–Trinajstić information content (AvgIpc) is 3.15. The van der Waals surface area contributed by atoms with Crippen molar-refractivity contribution < 1.29 is 0 Å². The van der Waals surface area contributed by atoms with Gasteiger partial charge in [0.2, 0.25) is 0 Å². The molecule has 0 saturated heterocycles. The quantitative estimate of drug-likeness (QED) is 0.698. The van der Waals surface area contributed by atoms with Gasteiger partial charge >= 0.3 is 0 Å². The van der Waals surface area contributed by atoms with Crippen molar-refractivity contribution >= 4 is 0 Å². The van der Waals surface area contributed by atoms with Gasteiger partial charge in [-0.05, 0) is 37.5 Å². The summed E-state index contributed by atoms with van der Waals surface area (Å²) in [5.74, 6) is 8.14. The van der Waals surface area contributed by atoms with Crippen LogP contribution in [-0.4, -0.2) is 24.5 Å². The van der Waals surface area contributed by atoms with Crippen LogP contribution in [0, 0.1) is 24.7 Å². The Morgan fingerprint density at radius 1 is 1.29 bits per heavy atom. The van der Waals surface area contributed by atoms with E-state index in [1.54, 1.807) is 6.20 Å². The van der Waals surface area contributed by atoms with E-state index >= 15 is 0 Å². The molecule has 0 radical (unpaired) electrons. The van der Waals surface area contributed by atoms with E-state index in [1.807, 2.05) is 28.7 Å². The maximum Gasteiger partial charge on any atom is 0.130 e. The second-order valence-corrected chi connectivity index (χ2v) is 6.33. The minimum atomic E-state index is 0.612. The van der Waals surface area contributed by atoms with Gasteiger partial charge in [-0.3, -0.25) is 0 Å². The maximum atomic E-state index is 4.32. The van der Waals surface area contributed by atoms with Crippen molar-refractivity contribution in [2.75, 3.05) is 0 Å². The first-order valence-corrected chi connectivity index (χ1v) is 8.18. The van der Waals surface area contributed by atoms with E-state index in [4.69, 9.17) is 0 Å². The van der Waals surface area contributed by atoms with Gasteiger partial charge in [-0.15, -0.1) is 5.10 Å². The minimum Gasteiger partial charge on any atom is -0.336 e. The Balaban J connectivity index is 1.55. The summed E-state index contributed by atoms with van der Waals surface area (Å²) in [6.07, 6.45) is 8.19. The van der Waals surface area contributed by atoms with Crippen molar-refractivity contribution in [2.45, 2.75) is 26.3 Å². The molecule has 5 heteroatoms. The minimum absolute atomic E-state index is 0.612. The maximum absolute atomic E-state index is 4.32. The normalized spacial score (nSPS) is 13.6. The molecule has 1 aromatic carbocycles. The largest absolute Gasteiger partial charge is 0.336 e. The van der Waals surface area contributed by atoms with Gasteiger partial charge in [0.15, 0.2) is 0 Å². The molecule has 120 valence electrons. The molecule has 2 heterocycles. The Labute approximate surface area is 141 Å². The third-order valence-electron chi connectivity index (χ3n) is 4.26. The molecule has 0 bridgehead atoms. The second kappa shape index (κ2) is 5.97. The van der Waals surface area contributed by atoms with Crippen LogP contribution in [0.1, 0.15) is 29.8 Å². The van der Waals surface area contributed by atoms with E-state index in [0.29, 0.717) is 12.5 Å². The Bertz CT molecular complexity index is 934. The van der Waals surface area contributed by atoms with Crippen molar-refractivity contribution in [3.05, 3.63) is 53.7 Å². The van der Waals surface area contributed by atoms with E-state index in [-0.39, 0.29) is 0 Å². The summed E-state index contributed by atoms with van der Waals surface area (Å²) in [6, 6.07) is 6.28. The van der Waals surface area contributed by atoms with Crippen LogP contribution in [0.25, 0.3) is 11.3 Å². The van der Waals surface area contributed by atoms with E-state index in [1.165, 1.54) is 18.4 Å². The molecule has 0 spiro atoms. The van der Waals surface area contributed by atoms with Crippen molar-refractivity contribution in [1.82, 2.24) is 24.5 Å². The molecule has 0 N–H and O–H groups in total. The van der Waals surface area contributed by atoms with Crippen molar-refractivity contribution in [3.63, 3.8) is 0 Å². The highest BCUT2D eigenvalue weighted by Crippen LogP contribution is 2.28. The molecule has 1 aliphatic rings. The zero-order valence-corrected chi connectivity index (χ0v) is 13.9. The van der Waals surface area contributed by atoms with Crippen LogP contribution in [0.3, 0.4) is 0 Å². The Kier molecular flexibility index (Phi) is 3.66. The molecule has 0 amide bonds. The molecule has 24 heavy (non-hydrogen) atoms. The fourth-order valence-corrected chi connectivity index (χ4v) is 2.63. The van der Waals surface area contributed by atoms with Gasteiger partial charge in [0.25, 0.3) is 0 Å². The molecule has 0 aliphatic heterocycles. The first kappa shape index (κ1) is 14.7. The lowest BCUT2D eigenvalue weighted by Crippen LogP contribution is -2.06. The number of nitrogens with zero attached hydrogens (tertiary/aromatic N) is 5. The van der Waals surface area contributed by atoms with Crippen LogP contribution in [0.2, 0.25) is 0 Å². The van der Waals surface area contributed by atoms with Crippen LogP contribution in [0.5, 0.6) is 0 Å². The monoisotopic (exact) mass is 317 g/mol. The summed E-state index contributed by atoms with van der Waals surface area (Å²) in [4.78, 5) is 4.32. The Morgan fingerprint density at radius 2 is 2.17 bits per heavy atom. The van der Waals surface area contributed by atoms with Gasteiger partial charge in [-0.1, -0.05) is 23.1 Å². The van der Waals surface area contributed by atoms with Gasteiger partial charge < -0.3 is 4.57 Å². The van der Waals surface area contributed by atoms with Crippen molar-refractivity contribution in [2.24, 2.45) is 13.0 Å². The molecule has 4 rings (SSSR count). The molecular weight excluding hydrogens is 298 g/mol. The van der Waals surface area contributed by atoms with Crippen molar-refractivity contribution in [1.29, 1.82) is 0 Å². The topological polar surface area (TPSA) is 48.5 Å².